The highest BCUT2D eigenvalue weighted by molar-refractivity contribution is 8.70. The molecule has 0 fully saturated rings. The number of amidine groups is 1. The zero-order valence-electron chi connectivity index (χ0n) is 10.2. The monoisotopic (exact) mass is 304 g/mol. The lowest BCUT2D eigenvalue weighted by Gasteiger charge is -2.03. The van der Waals surface area contributed by atoms with Gasteiger partial charge in [0, 0.05) is 10.8 Å². The Morgan fingerprint density at radius 3 is 2.68 bits per heavy atom. The van der Waals surface area contributed by atoms with Crippen LogP contribution in [0.1, 0.15) is 5.56 Å². The number of rotatable bonds is 8. The molecule has 0 heterocycles. The summed E-state index contributed by atoms with van der Waals surface area (Å²) in [4.78, 5) is 3.93. The number of nitrogens with zero attached hydrogens (tertiary/aromatic N) is 1. The molecule has 0 aromatic heterocycles. The number of ether oxygens (including phenoxy) is 1. The zero-order valence-corrected chi connectivity index (χ0v) is 11.9. The maximum atomic E-state index is 10.5. The van der Waals surface area contributed by atoms with Crippen LogP contribution in [0.25, 0.3) is 0 Å². The maximum Gasteiger partial charge on any atom is 0.320 e. The van der Waals surface area contributed by atoms with E-state index in [1.165, 1.54) is 0 Å². The summed E-state index contributed by atoms with van der Waals surface area (Å²) >= 11 is 0. The molecule has 0 aliphatic rings. The molecule has 0 unspecified atom stereocenters. The SMILES string of the molecule is NC(CSS(=O)(=O)O)=NCCOCc1ccccc1. The largest absolute Gasteiger partial charge is 0.387 e. The van der Waals surface area contributed by atoms with Crippen molar-refractivity contribution in [1.82, 2.24) is 0 Å². The predicted octanol–water partition coefficient (Wildman–Crippen LogP) is 1.10. The third-order valence-electron chi connectivity index (χ3n) is 2.02. The van der Waals surface area contributed by atoms with Gasteiger partial charge in [-0.15, -0.1) is 0 Å². The van der Waals surface area contributed by atoms with E-state index < -0.39 is 9.15 Å². The standard InChI is InChI=1S/C11H16N2O4S2/c12-11(9-18-19(14,15)16)13-6-7-17-8-10-4-2-1-3-5-10/h1-5H,6-9H2,(H2,12,13)(H,14,15,16). The molecule has 3 N–H and O–H groups in total. The molecule has 0 spiro atoms. The molecule has 1 aromatic carbocycles. The maximum absolute atomic E-state index is 10.5. The summed E-state index contributed by atoms with van der Waals surface area (Å²) in [5, 5.41) is 0. The van der Waals surface area contributed by atoms with Crippen molar-refractivity contribution in [3.8, 4) is 0 Å². The van der Waals surface area contributed by atoms with Crippen LogP contribution in [-0.4, -0.2) is 37.7 Å². The Bertz CT molecular complexity index is 503. The second-order valence-corrected chi connectivity index (χ2v) is 6.95. The summed E-state index contributed by atoms with van der Waals surface area (Å²) in [5.41, 5.74) is 6.54. The van der Waals surface area contributed by atoms with Crippen LogP contribution in [0.4, 0.5) is 0 Å². The topological polar surface area (TPSA) is 102 Å². The molecule has 1 aromatic rings. The molecular formula is C11H16N2O4S2. The second kappa shape index (κ2) is 8.16. The Kier molecular flexibility index (Phi) is 6.85. The van der Waals surface area contributed by atoms with Crippen LogP contribution in [0.2, 0.25) is 0 Å². The lowest BCUT2D eigenvalue weighted by atomic mass is 10.2. The van der Waals surface area contributed by atoms with Crippen LogP contribution in [-0.2, 0) is 20.5 Å². The lowest BCUT2D eigenvalue weighted by molar-refractivity contribution is 0.128. The van der Waals surface area contributed by atoms with Gasteiger partial charge in [0.25, 0.3) is 0 Å². The van der Waals surface area contributed by atoms with E-state index >= 15 is 0 Å². The van der Waals surface area contributed by atoms with Gasteiger partial charge in [-0.3, -0.25) is 9.55 Å². The van der Waals surface area contributed by atoms with Crippen molar-refractivity contribution in [2.24, 2.45) is 10.7 Å². The number of hydrogen-bond acceptors (Lipinski definition) is 5. The average Bonchev–Trinajstić information content (AvgIpc) is 2.36. The van der Waals surface area contributed by atoms with Crippen molar-refractivity contribution in [2.45, 2.75) is 6.61 Å². The fraction of sp³-hybridized carbons (Fsp3) is 0.364. The van der Waals surface area contributed by atoms with Gasteiger partial charge < -0.3 is 10.5 Å². The summed E-state index contributed by atoms with van der Waals surface area (Å²) in [5.74, 6) is 0.100. The van der Waals surface area contributed by atoms with E-state index in [-0.39, 0.29) is 11.6 Å². The highest BCUT2D eigenvalue weighted by Gasteiger charge is 2.06. The third kappa shape index (κ3) is 8.60. The van der Waals surface area contributed by atoms with E-state index in [4.69, 9.17) is 15.0 Å². The Hall–Kier alpha value is -1.09. The van der Waals surface area contributed by atoms with Crippen LogP contribution < -0.4 is 5.73 Å². The minimum atomic E-state index is -4.07. The van der Waals surface area contributed by atoms with Crippen LogP contribution >= 0.6 is 10.8 Å². The molecular weight excluding hydrogens is 288 g/mol. The van der Waals surface area contributed by atoms with Crippen LogP contribution in [0.15, 0.2) is 35.3 Å². The highest BCUT2D eigenvalue weighted by atomic mass is 33.1. The molecule has 0 aliphatic carbocycles. The molecule has 0 saturated heterocycles. The fourth-order valence-corrected chi connectivity index (χ4v) is 2.37. The van der Waals surface area contributed by atoms with Crippen molar-refractivity contribution >= 4 is 25.8 Å². The number of hydrogen-bond donors (Lipinski definition) is 2. The Labute approximate surface area is 116 Å². The van der Waals surface area contributed by atoms with Crippen molar-refractivity contribution in [3.63, 3.8) is 0 Å². The highest BCUT2D eigenvalue weighted by Crippen LogP contribution is 2.07. The first-order valence-electron chi connectivity index (χ1n) is 5.49. The molecule has 8 heteroatoms. The van der Waals surface area contributed by atoms with Crippen molar-refractivity contribution in [1.29, 1.82) is 0 Å². The summed E-state index contributed by atoms with van der Waals surface area (Å²) in [6.45, 7) is 1.24. The van der Waals surface area contributed by atoms with E-state index in [0.717, 1.165) is 5.56 Å². The first-order valence-corrected chi connectivity index (χ1v) is 8.44. The quantitative estimate of drug-likeness (QED) is 0.245. The molecule has 0 atom stereocenters. The molecule has 0 saturated carbocycles. The van der Waals surface area contributed by atoms with E-state index in [1.807, 2.05) is 30.3 Å². The minimum absolute atomic E-state index is 0.0580. The second-order valence-electron chi connectivity index (χ2n) is 3.60. The molecule has 19 heavy (non-hydrogen) atoms. The Balaban J connectivity index is 2.16. The van der Waals surface area contributed by atoms with Crippen molar-refractivity contribution in [3.05, 3.63) is 35.9 Å². The molecule has 0 bridgehead atoms. The first kappa shape index (κ1) is 16.0. The molecule has 106 valence electrons. The fourth-order valence-electron chi connectivity index (χ4n) is 1.20. The van der Waals surface area contributed by atoms with Gasteiger partial charge in [0.05, 0.1) is 25.5 Å². The van der Waals surface area contributed by atoms with Gasteiger partial charge in [-0.25, -0.2) is 0 Å². The zero-order chi connectivity index (χ0) is 14.1. The summed E-state index contributed by atoms with van der Waals surface area (Å²) < 4.78 is 34.8. The van der Waals surface area contributed by atoms with E-state index in [9.17, 15) is 8.42 Å². The van der Waals surface area contributed by atoms with Gasteiger partial charge in [-0.05, 0) is 5.56 Å². The van der Waals surface area contributed by atoms with Gasteiger partial charge in [0.1, 0.15) is 5.84 Å². The Morgan fingerprint density at radius 1 is 1.37 bits per heavy atom. The van der Waals surface area contributed by atoms with Gasteiger partial charge in [-0.2, -0.15) is 8.42 Å². The van der Waals surface area contributed by atoms with Crippen LogP contribution in [0.5, 0.6) is 0 Å². The minimum Gasteiger partial charge on any atom is -0.387 e. The average molecular weight is 304 g/mol. The number of aliphatic imine (C=N–C) groups is 1. The van der Waals surface area contributed by atoms with Crippen molar-refractivity contribution in [2.75, 3.05) is 18.9 Å². The Morgan fingerprint density at radius 2 is 2.05 bits per heavy atom. The number of benzene rings is 1. The first-order chi connectivity index (χ1) is 8.97. The van der Waals surface area contributed by atoms with Gasteiger partial charge in [0.2, 0.25) is 0 Å². The molecule has 0 radical (unpaired) electrons. The smallest absolute Gasteiger partial charge is 0.320 e. The number of nitrogens with two attached hydrogens (primary N) is 1. The van der Waals surface area contributed by atoms with E-state index in [0.29, 0.717) is 30.6 Å². The van der Waals surface area contributed by atoms with E-state index in [2.05, 4.69) is 4.99 Å². The van der Waals surface area contributed by atoms with Crippen molar-refractivity contribution < 1.29 is 17.7 Å². The summed E-state index contributed by atoms with van der Waals surface area (Å²) in [7, 11) is -3.73. The summed E-state index contributed by atoms with van der Waals surface area (Å²) in [6.07, 6.45) is 0. The van der Waals surface area contributed by atoms with Gasteiger partial charge in [0.15, 0.2) is 0 Å². The van der Waals surface area contributed by atoms with Gasteiger partial charge >= 0.3 is 9.15 Å². The molecule has 1 rings (SSSR count). The molecule has 0 aliphatic heterocycles. The van der Waals surface area contributed by atoms with Crippen LogP contribution in [0, 0.1) is 0 Å². The molecule has 0 amide bonds. The normalized spacial score (nSPS) is 12.6. The van der Waals surface area contributed by atoms with Crippen LogP contribution in [0.3, 0.4) is 0 Å². The molecule has 6 nitrogen and oxygen atoms in total. The predicted molar refractivity (Wildman–Crippen MR) is 76.6 cm³/mol. The third-order valence-corrected chi connectivity index (χ3v) is 3.98. The lowest BCUT2D eigenvalue weighted by Crippen LogP contribution is -2.17. The van der Waals surface area contributed by atoms with Gasteiger partial charge in [-0.1, -0.05) is 30.3 Å². The van der Waals surface area contributed by atoms with E-state index in [1.54, 1.807) is 0 Å². The summed E-state index contributed by atoms with van der Waals surface area (Å²) in [6, 6.07) is 9.71.